The van der Waals surface area contributed by atoms with Crippen LogP contribution in [-0.2, 0) is 13.2 Å². The van der Waals surface area contributed by atoms with Gasteiger partial charge in [-0.05, 0) is 36.2 Å². The molecule has 4 rings (SSSR count). The van der Waals surface area contributed by atoms with Gasteiger partial charge in [0.15, 0.2) is 5.69 Å². The number of carbonyl (C=O) groups is 1. The van der Waals surface area contributed by atoms with Crippen molar-refractivity contribution in [3.8, 4) is 11.3 Å². The van der Waals surface area contributed by atoms with Crippen molar-refractivity contribution in [2.75, 3.05) is 12.3 Å². The fourth-order valence-electron chi connectivity index (χ4n) is 3.81. The summed E-state index contributed by atoms with van der Waals surface area (Å²) < 4.78 is 1.71. The van der Waals surface area contributed by atoms with Gasteiger partial charge in [0, 0.05) is 29.4 Å². The van der Waals surface area contributed by atoms with Gasteiger partial charge in [0.1, 0.15) is 5.69 Å². The Hall–Kier alpha value is -3.34. The molecule has 0 saturated heterocycles. The molecule has 0 unspecified atom stereocenters. The van der Waals surface area contributed by atoms with Crippen LogP contribution in [0.4, 0.5) is 11.4 Å². The van der Waals surface area contributed by atoms with Crippen molar-refractivity contribution < 1.29 is 9.90 Å². The Morgan fingerprint density at radius 2 is 2.03 bits per heavy atom. The molecule has 0 bridgehead atoms. The number of rotatable bonds is 4. The number of amides is 1. The fourth-order valence-corrected chi connectivity index (χ4v) is 4.06. The summed E-state index contributed by atoms with van der Waals surface area (Å²) in [5, 5.41) is 14.8. The highest BCUT2D eigenvalue weighted by Crippen LogP contribution is 2.34. The molecule has 0 aliphatic carbocycles. The van der Waals surface area contributed by atoms with Crippen molar-refractivity contribution in [1.29, 1.82) is 0 Å². The monoisotopic (exact) mass is 421 g/mol. The molecule has 2 heterocycles. The van der Waals surface area contributed by atoms with Crippen LogP contribution >= 0.6 is 11.6 Å². The molecule has 1 aromatic heterocycles. The van der Waals surface area contributed by atoms with E-state index in [0.29, 0.717) is 52.0 Å². The third kappa shape index (κ3) is 3.52. The zero-order valence-corrected chi connectivity index (χ0v) is 17.1. The minimum atomic E-state index is -0.238. The van der Waals surface area contributed by atoms with Gasteiger partial charge in [0.05, 0.1) is 24.9 Å². The van der Waals surface area contributed by atoms with Gasteiger partial charge in [-0.25, -0.2) is 4.85 Å². The molecule has 0 fully saturated rings. The van der Waals surface area contributed by atoms with Gasteiger partial charge in [0.2, 0.25) is 0 Å². The molecule has 1 amide bonds. The summed E-state index contributed by atoms with van der Waals surface area (Å²) in [7, 11) is 0. The standard InChI is InChI=1S/C22H20ClN5O2/c1-13-10-27(11-14-3-5-17(25-2)6-4-14)22(30)20-9-19(26-28(13)20)21-15(12-29)7-16(23)8-18(21)24/h3-9,13,29H,10-12,24H2,1H3/t13-/m0/s1. The number of fused-ring (bicyclic) bond motifs is 1. The quantitative estimate of drug-likeness (QED) is 0.491. The molecule has 30 heavy (non-hydrogen) atoms. The highest BCUT2D eigenvalue weighted by Gasteiger charge is 2.31. The van der Waals surface area contributed by atoms with Crippen LogP contribution in [0.5, 0.6) is 0 Å². The van der Waals surface area contributed by atoms with Crippen molar-refractivity contribution in [3.63, 3.8) is 0 Å². The lowest BCUT2D eigenvalue weighted by molar-refractivity contribution is 0.0651. The van der Waals surface area contributed by atoms with Gasteiger partial charge < -0.3 is 15.7 Å². The van der Waals surface area contributed by atoms with Crippen LogP contribution < -0.4 is 5.73 Å². The molecule has 2 aromatic carbocycles. The first kappa shape index (κ1) is 20.0. The van der Waals surface area contributed by atoms with Crippen LogP contribution in [0.3, 0.4) is 0 Å². The van der Waals surface area contributed by atoms with E-state index in [2.05, 4.69) is 9.94 Å². The molecular weight excluding hydrogens is 402 g/mol. The Morgan fingerprint density at radius 1 is 1.30 bits per heavy atom. The van der Waals surface area contributed by atoms with Crippen LogP contribution in [-0.4, -0.2) is 32.2 Å². The van der Waals surface area contributed by atoms with Crippen molar-refractivity contribution >= 4 is 28.9 Å². The Kier molecular flexibility index (Phi) is 5.20. The molecule has 1 atom stereocenters. The number of aromatic nitrogens is 2. The van der Waals surface area contributed by atoms with E-state index in [0.717, 1.165) is 5.56 Å². The second-order valence-electron chi connectivity index (χ2n) is 7.36. The van der Waals surface area contributed by atoms with Gasteiger partial charge in [-0.2, -0.15) is 5.10 Å². The van der Waals surface area contributed by atoms with E-state index >= 15 is 0 Å². The Bertz CT molecular complexity index is 1160. The molecule has 0 saturated carbocycles. The van der Waals surface area contributed by atoms with Gasteiger partial charge in [-0.15, -0.1) is 0 Å². The first-order chi connectivity index (χ1) is 14.4. The minimum Gasteiger partial charge on any atom is -0.398 e. The van der Waals surface area contributed by atoms with Crippen LogP contribution in [0.15, 0.2) is 42.5 Å². The number of carbonyl (C=O) groups excluding carboxylic acids is 1. The summed E-state index contributed by atoms with van der Waals surface area (Å²) >= 11 is 6.06. The summed E-state index contributed by atoms with van der Waals surface area (Å²) in [6.07, 6.45) is 0. The van der Waals surface area contributed by atoms with E-state index in [1.54, 1.807) is 39.9 Å². The fraction of sp³-hybridized carbons (Fsp3) is 0.227. The lowest BCUT2D eigenvalue weighted by atomic mass is 10.0. The van der Waals surface area contributed by atoms with E-state index in [-0.39, 0.29) is 18.6 Å². The predicted octanol–water partition coefficient (Wildman–Crippen LogP) is 4.05. The maximum Gasteiger partial charge on any atom is 0.272 e. The van der Waals surface area contributed by atoms with E-state index in [1.807, 2.05) is 19.1 Å². The van der Waals surface area contributed by atoms with Crippen LogP contribution in [0, 0.1) is 6.57 Å². The molecule has 8 heteroatoms. The summed E-state index contributed by atoms with van der Waals surface area (Å²) in [6, 6.07) is 12.2. The summed E-state index contributed by atoms with van der Waals surface area (Å²) in [5.74, 6) is -0.126. The number of aliphatic hydroxyl groups is 1. The molecule has 0 spiro atoms. The van der Waals surface area contributed by atoms with Gasteiger partial charge in [0.25, 0.3) is 5.91 Å². The van der Waals surface area contributed by atoms with Gasteiger partial charge >= 0.3 is 0 Å². The van der Waals surface area contributed by atoms with Crippen LogP contribution in [0.2, 0.25) is 5.02 Å². The smallest absolute Gasteiger partial charge is 0.272 e. The normalized spacial score (nSPS) is 15.7. The first-order valence-electron chi connectivity index (χ1n) is 9.45. The number of nitrogen functional groups attached to an aromatic ring is 1. The Labute approximate surface area is 179 Å². The second kappa shape index (κ2) is 7.82. The van der Waals surface area contributed by atoms with E-state index in [4.69, 9.17) is 23.9 Å². The number of nitrogens with zero attached hydrogens (tertiary/aromatic N) is 4. The highest BCUT2D eigenvalue weighted by atomic mass is 35.5. The number of nitrogens with two attached hydrogens (primary N) is 1. The van der Waals surface area contributed by atoms with Gasteiger partial charge in [-0.3, -0.25) is 9.48 Å². The number of halogens is 1. The average Bonchev–Trinajstić information content (AvgIpc) is 3.17. The van der Waals surface area contributed by atoms with Gasteiger partial charge in [-0.1, -0.05) is 35.9 Å². The van der Waals surface area contributed by atoms with Crippen molar-refractivity contribution in [3.05, 3.63) is 75.7 Å². The van der Waals surface area contributed by atoms with E-state index < -0.39 is 0 Å². The maximum absolute atomic E-state index is 13.1. The summed E-state index contributed by atoms with van der Waals surface area (Å²) in [5.41, 5.74) is 10.2. The largest absolute Gasteiger partial charge is 0.398 e. The molecular formula is C22H20ClN5O2. The Balaban J connectivity index is 1.68. The molecule has 1 aliphatic rings. The summed E-state index contributed by atoms with van der Waals surface area (Å²) in [4.78, 5) is 18.3. The van der Waals surface area contributed by atoms with Crippen molar-refractivity contribution in [2.24, 2.45) is 0 Å². The third-order valence-electron chi connectivity index (χ3n) is 5.22. The van der Waals surface area contributed by atoms with Crippen LogP contribution in [0.25, 0.3) is 16.1 Å². The average molecular weight is 422 g/mol. The molecule has 3 N–H and O–H groups in total. The molecule has 0 radical (unpaired) electrons. The number of aliphatic hydroxyl groups excluding tert-OH is 1. The predicted molar refractivity (Wildman–Crippen MR) is 115 cm³/mol. The van der Waals surface area contributed by atoms with Crippen molar-refractivity contribution in [1.82, 2.24) is 14.7 Å². The molecule has 152 valence electrons. The number of benzene rings is 2. The molecule has 7 nitrogen and oxygen atoms in total. The minimum absolute atomic E-state index is 0.0277. The van der Waals surface area contributed by atoms with E-state index in [1.165, 1.54) is 0 Å². The second-order valence-corrected chi connectivity index (χ2v) is 7.80. The number of hydrogen-bond donors (Lipinski definition) is 2. The zero-order valence-electron chi connectivity index (χ0n) is 16.3. The third-order valence-corrected chi connectivity index (χ3v) is 5.44. The molecule has 1 aliphatic heterocycles. The summed E-state index contributed by atoms with van der Waals surface area (Å²) in [6.45, 7) is 9.78. The highest BCUT2D eigenvalue weighted by molar-refractivity contribution is 6.31. The van der Waals surface area contributed by atoms with Crippen LogP contribution in [0.1, 0.15) is 34.6 Å². The number of hydrogen-bond acceptors (Lipinski definition) is 4. The molecule has 3 aromatic rings. The topological polar surface area (TPSA) is 88.7 Å². The van der Waals surface area contributed by atoms with E-state index in [9.17, 15) is 9.90 Å². The number of anilines is 1. The SMILES string of the molecule is [C-]#[N+]c1ccc(CN2C[C@H](C)n3nc(-c4c(N)cc(Cl)cc4CO)cc3C2=O)cc1. The van der Waals surface area contributed by atoms with Crippen molar-refractivity contribution in [2.45, 2.75) is 26.1 Å². The lowest BCUT2D eigenvalue weighted by Gasteiger charge is -2.31. The zero-order chi connectivity index (χ0) is 21.4. The maximum atomic E-state index is 13.1. The first-order valence-corrected chi connectivity index (χ1v) is 9.83. The Morgan fingerprint density at radius 3 is 2.70 bits per heavy atom. The lowest BCUT2D eigenvalue weighted by Crippen LogP contribution is -2.41.